The highest BCUT2D eigenvalue weighted by Gasteiger charge is 2.17. The fourth-order valence-electron chi connectivity index (χ4n) is 5.79. The van der Waals surface area contributed by atoms with Crippen LogP contribution in [0.2, 0.25) is 0 Å². The highest BCUT2D eigenvalue weighted by molar-refractivity contribution is 8.09. The number of hydrogen-bond acceptors (Lipinski definition) is 3. The van der Waals surface area contributed by atoms with E-state index in [-0.39, 0.29) is 0 Å². The van der Waals surface area contributed by atoms with Crippen LogP contribution in [0.3, 0.4) is 0 Å². The van der Waals surface area contributed by atoms with Crippen LogP contribution >= 0.6 is 23.5 Å². The van der Waals surface area contributed by atoms with Crippen LogP contribution in [0.25, 0.3) is 43.4 Å². The Balaban J connectivity index is 1.29. The first kappa shape index (κ1) is 28.0. The molecule has 0 amide bonds. The van der Waals surface area contributed by atoms with Crippen LogP contribution in [-0.4, -0.2) is 12.2 Å². The van der Waals surface area contributed by atoms with E-state index in [1.54, 1.807) is 23.5 Å². The highest BCUT2D eigenvalue weighted by Crippen LogP contribution is 2.47. The lowest BCUT2D eigenvalue weighted by Crippen LogP contribution is -2.03. The van der Waals surface area contributed by atoms with E-state index >= 15 is 0 Å². The summed E-state index contributed by atoms with van der Waals surface area (Å²) in [7, 11) is 0. The van der Waals surface area contributed by atoms with E-state index in [2.05, 4.69) is 127 Å². The smallest absolute Gasteiger partial charge is 0.156 e. The number of rotatable bonds is 6. The number of benzene rings is 6. The summed E-state index contributed by atoms with van der Waals surface area (Å²) in [4.78, 5) is 14.1. The second-order valence-electron chi connectivity index (χ2n) is 10.5. The molecule has 1 aliphatic heterocycles. The van der Waals surface area contributed by atoms with Crippen molar-refractivity contribution >= 4 is 68.0 Å². The molecular weight excluding hydrogens is 575 g/mol. The molecule has 0 bridgehead atoms. The zero-order chi connectivity index (χ0) is 30.0. The first-order valence-electron chi connectivity index (χ1n) is 14.4. The monoisotopic (exact) mass is 603 g/mol. The third-order valence-electron chi connectivity index (χ3n) is 7.87. The van der Waals surface area contributed by atoms with E-state index in [9.17, 15) is 0 Å². The highest BCUT2D eigenvalue weighted by atomic mass is 32.2. The topological polar surface area (TPSA) is 50.7 Å². The first-order chi connectivity index (χ1) is 21.7. The quantitative estimate of drug-likeness (QED) is 0.117. The van der Waals surface area contributed by atoms with Gasteiger partial charge in [-0.25, -0.2) is 4.99 Å². The zero-order valence-electron chi connectivity index (χ0n) is 24.0. The summed E-state index contributed by atoms with van der Waals surface area (Å²) in [6.45, 7) is 8.42. The fraction of sp³-hybridized carbons (Fsp3) is 0.0256. The number of allylic oxidation sites excluding steroid dienone is 2. The molecule has 0 aromatic heterocycles. The molecule has 1 aliphatic rings. The van der Waals surface area contributed by atoms with Gasteiger partial charge in [-0.05, 0) is 73.3 Å². The minimum atomic E-state index is 0.491. The van der Waals surface area contributed by atoms with Crippen LogP contribution in [0.15, 0.2) is 164 Å². The zero-order valence-corrected chi connectivity index (χ0v) is 25.7. The normalized spacial score (nSPS) is 13.6. The van der Waals surface area contributed by atoms with Gasteiger partial charge in [0.2, 0.25) is 0 Å². The molecule has 6 aromatic carbocycles. The largest absolute Gasteiger partial charge is 0.390 e. The Kier molecular flexibility index (Phi) is 7.65. The summed E-state index contributed by atoms with van der Waals surface area (Å²) >= 11 is 3.44. The van der Waals surface area contributed by atoms with Crippen LogP contribution in [0.1, 0.15) is 11.1 Å². The molecule has 0 spiro atoms. The number of fused-ring (bicyclic) bond motifs is 7. The Hall–Kier alpha value is -4.84. The summed E-state index contributed by atoms with van der Waals surface area (Å²) in [6, 6.07) is 38.9. The second-order valence-corrected chi connectivity index (χ2v) is 12.6. The number of thioether (sulfide) groups is 2. The molecule has 0 unspecified atom stereocenters. The van der Waals surface area contributed by atoms with Crippen LogP contribution in [0.5, 0.6) is 0 Å². The molecule has 0 radical (unpaired) electrons. The maximum atomic E-state index is 5.82. The molecule has 6 aromatic rings. The average molecular weight is 604 g/mol. The Labute approximate surface area is 265 Å². The molecule has 0 atom stereocenters. The van der Waals surface area contributed by atoms with E-state index in [0.29, 0.717) is 12.4 Å². The van der Waals surface area contributed by atoms with Gasteiger partial charge in [-0.1, -0.05) is 134 Å². The van der Waals surface area contributed by atoms with E-state index < -0.39 is 0 Å². The first-order valence-corrected chi connectivity index (χ1v) is 16.0. The number of nitrogens with two attached hydrogens (primary N) is 1. The predicted octanol–water partition coefficient (Wildman–Crippen LogP) is 10.5. The fourth-order valence-corrected chi connectivity index (χ4v) is 7.97. The summed E-state index contributed by atoms with van der Waals surface area (Å²) in [5.74, 6) is 0.610. The van der Waals surface area contributed by atoms with Crippen molar-refractivity contribution < 1.29 is 0 Å². The number of amidine groups is 1. The lowest BCUT2D eigenvalue weighted by Gasteiger charge is -2.18. The van der Waals surface area contributed by atoms with E-state index in [4.69, 9.17) is 10.7 Å². The van der Waals surface area contributed by atoms with Gasteiger partial charge in [0, 0.05) is 25.2 Å². The Morgan fingerprint density at radius 1 is 0.614 bits per heavy atom. The molecular formula is C39H29N3S2. The lowest BCUT2D eigenvalue weighted by atomic mass is 9.91. The molecule has 0 saturated carbocycles. The van der Waals surface area contributed by atoms with Crippen LogP contribution in [-0.2, 0) is 6.54 Å². The van der Waals surface area contributed by atoms with Crippen LogP contribution < -0.4 is 5.73 Å². The Morgan fingerprint density at radius 2 is 1.25 bits per heavy atom. The van der Waals surface area contributed by atoms with Crippen molar-refractivity contribution in [1.29, 1.82) is 0 Å². The van der Waals surface area contributed by atoms with E-state index in [1.807, 2.05) is 12.2 Å². The minimum absolute atomic E-state index is 0.491. The molecule has 2 N–H and O–H groups in total. The summed E-state index contributed by atoms with van der Waals surface area (Å²) in [5, 5.41) is 7.27. The predicted molar refractivity (Wildman–Crippen MR) is 193 cm³/mol. The molecule has 7 rings (SSSR count). The van der Waals surface area contributed by atoms with Gasteiger partial charge in [0.05, 0.1) is 12.9 Å². The third-order valence-corrected chi connectivity index (χ3v) is 10.5. The van der Waals surface area contributed by atoms with Gasteiger partial charge < -0.3 is 5.73 Å². The van der Waals surface area contributed by atoms with Gasteiger partial charge in [0.25, 0.3) is 0 Å². The third kappa shape index (κ3) is 5.15. The number of aliphatic imine (C=N–C) groups is 2. The van der Waals surface area contributed by atoms with Crippen molar-refractivity contribution in [3.05, 3.63) is 155 Å². The van der Waals surface area contributed by atoms with Gasteiger partial charge in [-0.3, -0.25) is 4.99 Å². The Bertz CT molecular complexity index is 2170. The molecule has 0 fully saturated rings. The number of nitrogens with zero attached hydrogens (tertiary/aromatic N) is 2. The van der Waals surface area contributed by atoms with Crippen molar-refractivity contribution in [2.45, 2.75) is 16.3 Å². The van der Waals surface area contributed by atoms with Gasteiger partial charge >= 0.3 is 0 Å². The summed E-state index contributed by atoms with van der Waals surface area (Å²) in [5.41, 5.74) is 10.3. The van der Waals surface area contributed by atoms with Crippen molar-refractivity contribution in [2.75, 3.05) is 0 Å². The molecule has 1 heterocycles. The standard InChI is InChI=1S/C39H29N3S2/c1-3-35-36(4-2)44-38-20-25(14-19-37(38)43-35)23-41-39(42-24-40)28-16-18-32-31-17-15-27(26-10-6-5-7-11-26)21-33(31)29-12-8-9-13-30(29)34(32)22-28/h3-22,24H,1-2,23H2,(H2,40,41,42). The maximum absolute atomic E-state index is 5.82. The van der Waals surface area contributed by atoms with Crippen molar-refractivity contribution in [3.8, 4) is 11.1 Å². The molecule has 5 heteroatoms. The SMILES string of the molecule is C=CC1=C(C=C)Sc2cc(CN=C(N=CN)c3ccc4c5ccc(-c6ccccc6)cc5c5ccccc5c4c3)ccc2S1. The molecule has 0 aliphatic carbocycles. The number of hydrogen-bond donors (Lipinski definition) is 1. The lowest BCUT2D eigenvalue weighted by molar-refractivity contribution is 1.04. The van der Waals surface area contributed by atoms with E-state index in [0.717, 1.165) is 20.9 Å². The van der Waals surface area contributed by atoms with Crippen molar-refractivity contribution in [1.82, 2.24) is 0 Å². The van der Waals surface area contributed by atoms with Gasteiger partial charge in [-0.2, -0.15) is 0 Å². The minimum Gasteiger partial charge on any atom is -0.390 e. The van der Waals surface area contributed by atoms with Gasteiger partial charge in [-0.15, -0.1) is 0 Å². The molecule has 44 heavy (non-hydrogen) atoms. The van der Waals surface area contributed by atoms with Crippen LogP contribution in [0, 0.1) is 0 Å². The van der Waals surface area contributed by atoms with E-state index in [1.165, 1.54) is 59.6 Å². The second kappa shape index (κ2) is 12.0. The molecule has 3 nitrogen and oxygen atoms in total. The van der Waals surface area contributed by atoms with Crippen molar-refractivity contribution in [3.63, 3.8) is 0 Å². The maximum Gasteiger partial charge on any atom is 0.156 e. The average Bonchev–Trinajstić information content (AvgIpc) is 3.09. The van der Waals surface area contributed by atoms with Gasteiger partial charge in [0.1, 0.15) is 0 Å². The van der Waals surface area contributed by atoms with Gasteiger partial charge in [0.15, 0.2) is 5.84 Å². The molecule has 212 valence electrons. The summed E-state index contributed by atoms with van der Waals surface area (Å²) in [6.07, 6.45) is 5.11. The Morgan fingerprint density at radius 3 is 1.95 bits per heavy atom. The molecule has 0 saturated heterocycles. The van der Waals surface area contributed by atoms with Crippen molar-refractivity contribution in [2.24, 2.45) is 15.7 Å². The van der Waals surface area contributed by atoms with Crippen LogP contribution in [0.4, 0.5) is 0 Å². The summed E-state index contributed by atoms with van der Waals surface area (Å²) < 4.78 is 0.